The van der Waals surface area contributed by atoms with E-state index in [9.17, 15) is 8.78 Å². The lowest BCUT2D eigenvalue weighted by Crippen LogP contribution is -2.46. The smallest absolute Gasteiger partial charge is 0.261 e. The Morgan fingerprint density at radius 3 is 2.60 bits per heavy atom. The average molecular weight is 216 g/mol. The molecule has 0 aromatic carbocycles. The maximum absolute atomic E-state index is 12.9. The topological polar surface area (TPSA) is 28.4 Å². The first-order valence-electron chi connectivity index (χ1n) is 5.05. The van der Waals surface area contributed by atoms with Gasteiger partial charge in [-0.25, -0.2) is 8.78 Å². The molecule has 1 saturated heterocycles. The fourth-order valence-electron chi connectivity index (χ4n) is 1.88. The second-order valence-electron chi connectivity index (χ2n) is 3.58. The van der Waals surface area contributed by atoms with Crippen LogP contribution in [-0.4, -0.2) is 37.5 Å². The molecule has 1 aliphatic heterocycles. The monoisotopic (exact) mass is 216 g/mol. The van der Waals surface area contributed by atoms with Crippen molar-refractivity contribution in [3.63, 3.8) is 0 Å². The molecule has 0 unspecified atom stereocenters. The van der Waals surface area contributed by atoms with Gasteiger partial charge in [0.05, 0.1) is 6.26 Å². The molecular weight excluding hydrogens is 202 g/mol. The van der Waals surface area contributed by atoms with Crippen LogP contribution >= 0.6 is 0 Å². The van der Waals surface area contributed by atoms with Crippen LogP contribution in [0.1, 0.15) is 11.8 Å². The van der Waals surface area contributed by atoms with Gasteiger partial charge >= 0.3 is 0 Å². The highest BCUT2D eigenvalue weighted by Gasteiger charge is 2.31. The number of nitrogens with zero attached hydrogens (tertiary/aromatic N) is 1. The van der Waals surface area contributed by atoms with Crippen molar-refractivity contribution in [3.8, 4) is 0 Å². The zero-order chi connectivity index (χ0) is 10.7. The van der Waals surface area contributed by atoms with Gasteiger partial charge in [-0.1, -0.05) is 0 Å². The molecule has 0 radical (unpaired) electrons. The molecule has 84 valence electrons. The van der Waals surface area contributed by atoms with Crippen molar-refractivity contribution in [2.45, 2.75) is 12.5 Å². The molecule has 0 aliphatic carbocycles. The summed E-state index contributed by atoms with van der Waals surface area (Å²) in [6.07, 6.45) is -0.971. The van der Waals surface area contributed by atoms with Gasteiger partial charge in [-0.15, -0.1) is 0 Å². The second kappa shape index (κ2) is 4.72. The van der Waals surface area contributed by atoms with Gasteiger partial charge in [-0.3, -0.25) is 4.90 Å². The van der Waals surface area contributed by atoms with Crippen molar-refractivity contribution >= 4 is 0 Å². The summed E-state index contributed by atoms with van der Waals surface area (Å²) < 4.78 is 30.9. The van der Waals surface area contributed by atoms with E-state index in [2.05, 4.69) is 5.32 Å². The summed E-state index contributed by atoms with van der Waals surface area (Å²) >= 11 is 0. The van der Waals surface area contributed by atoms with Crippen molar-refractivity contribution in [3.05, 3.63) is 24.2 Å². The summed E-state index contributed by atoms with van der Waals surface area (Å²) in [5.41, 5.74) is 0. The quantitative estimate of drug-likeness (QED) is 0.829. The molecule has 0 saturated carbocycles. The molecule has 2 heterocycles. The minimum atomic E-state index is -2.41. The van der Waals surface area contributed by atoms with Gasteiger partial charge in [0.15, 0.2) is 0 Å². The molecular formula is C10H14F2N2O. The third kappa shape index (κ3) is 2.35. The summed E-state index contributed by atoms with van der Waals surface area (Å²) in [6, 6.07) is 2.35. The lowest BCUT2D eigenvalue weighted by molar-refractivity contribution is 0.00750. The van der Waals surface area contributed by atoms with Gasteiger partial charge in [0.25, 0.3) is 6.43 Å². The minimum absolute atomic E-state index is 0.354. The number of halogens is 2. The molecule has 2 rings (SSSR count). The van der Waals surface area contributed by atoms with E-state index in [1.807, 2.05) is 0 Å². The number of hydrogen-bond acceptors (Lipinski definition) is 3. The van der Waals surface area contributed by atoms with E-state index in [4.69, 9.17) is 4.42 Å². The van der Waals surface area contributed by atoms with Gasteiger partial charge in [-0.05, 0) is 12.1 Å². The summed E-state index contributed by atoms with van der Waals surface area (Å²) in [5.74, 6) is 0.354. The Hall–Kier alpha value is -0.940. The molecule has 0 bridgehead atoms. The zero-order valence-electron chi connectivity index (χ0n) is 8.33. The van der Waals surface area contributed by atoms with E-state index in [1.165, 1.54) is 6.26 Å². The number of nitrogens with one attached hydrogen (secondary N) is 1. The summed E-state index contributed by atoms with van der Waals surface area (Å²) in [7, 11) is 0. The number of furan rings is 1. The van der Waals surface area contributed by atoms with Gasteiger partial charge in [0.1, 0.15) is 11.8 Å². The molecule has 0 spiro atoms. The van der Waals surface area contributed by atoms with Crippen LogP contribution < -0.4 is 5.32 Å². The van der Waals surface area contributed by atoms with E-state index in [0.717, 1.165) is 13.1 Å². The van der Waals surface area contributed by atoms with Crippen LogP contribution in [0.25, 0.3) is 0 Å². The van der Waals surface area contributed by atoms with Crippen LogP contribution in [0, 0.1) is 0 Å². The van der Waals surface area contributed by atoms with Crippen LogP contribution in [-0.2, 0) is 0 Å². The molecule has 5 heteroatoms. The van der Waals surface area contributed by atoms with Crippen LogP contribution in [0.5, 0.6) is 0 Å². The highest BCUT2D eigenvalue weighted by molar-refractivity contribution is 5.06. The first-order valence-corrected chi connectivity index (χ1v) is 5.05. The Balaban J connectivity index is 2.12. The van der Waals surface area contributed by atoms with E-state index in [0.29, 0.717) is 18.8 Å². The van der Waals surface area contributed by atoms with Crippen LogP contribution in [0.15, 0.2) is 22.8 Å². The van der Waals surface area contributed by atoms with Crippen LogP contribution in [0.3, 0.4) is 0 Å². The highest BCUT2D eigenvalue weighted by Crippen LogP contribution is 2.27. The Bertz CT molecular complexity index is 284. The number of alkyl halides is 2. The number of rotatable bonds is 3. The zero-order valence-corrected chi connectivity index (χ0v) is 8.33. The fraction of sp³-hybridized carbons (Fsp3) is 0.600. The lowest BCUT2D eigenvalue weighted by atomic mass is 10.1. The maximum atomic E-state index is 12.9. The molecule has 0 amide bonds. The molecule has 1 aromatic heterocycles. The average Bonchev–Trinajstić information content (AvgIpc) is 2.72. The van der Waals surface area contributed by atoms with Crippen LogP contribution in [0.4, 0.5) is 8.78 Å². The van der Waals surface area contributed by atoms with Crippen LogP contribution in [0.2, 0.25) is 0 Å². The summed E-state index contributed by atoms with van der Waals surface area (Å²) in [6.45, 7) is 2.78. The Morgan fingerprint density at radius 1 is 1.33 bits per heavy atom. The molecule has 1 aliphatic rings. The predicted molar refractivity (Wildman–Crippen MR) is 51.9 cm³/mol. The van der Waals surface area contributed by atoms with E-state index in [1.54, 1.807) is 17.0 Å². The number of hydrogen-bond donors (Lipinski definition) is 1. The third-order valence-corrected chi connectivity index (χ3v) is 2.62. The van der Waals surface area contributed by atoms with Crippen molar-refractivity contribution in [2.75, 3.05) is 26.2 Å². The van der Waals surface area contributed by atoms with E-state index in [-0.39, 0.29) is 0 Å². The first-order chi connectivity index (χ1) is 7.29. The van der Waals surface area contributed by atoms with Crippen molar-refractivity contribution in [1.82, 2.24) is 10.2 Å². The normalized spacial score (nSPS) is 20.7. The SMILES string of the molecule is FC(F)[C@@H](c1ccco1)N1CCNCC1. The Labute approximate surface area is 87.1 Å². The second-order valence-corrected chi connectivity index (χ2v) is 3.58. The van der Waals surface area contributed by atoms with Gasteiger partial charge in [-0.2, -0.15) is 0 Å². The Morgan fingerprint density at radius 2 is 2.07 bits per heavy atom. The molecule has 1 N–H and O–H groups in total. The molecule has 1 fully saturated rings. The largest absolute Gasteiger partial charge is 0.467 e. The molecule has 1 aromatic rings. The molecule has 15 heavy (non-hydrogen) atoms. The number of piperazine rings is 1. The fourth-order valence-corrected chi connectivity index (χ4v) is 1.88. The Kier molecular flexibility index (Phi) is 3.33. The van der Waals surface area contributed by atoms with Crippen molar-refractivity contribution in [1.29, 1.82) is 0 Å². The summed E-state index contributed by atoms with van der Waals surface area (Å²) in [5, 5.41) is 3.14. The van der Waals surface area contributed by atoms with Gasteiger partial charge in [0, 0.05) is 26.2 Å². The molecule has 3 nitrogen and oxygen atoms in total. The minimum Gasteiger partial charge on any atom is -0.467 e. The lowest BCUT2D eigenvalue weighted by Gasteiger charge is -2.33. The predicted octanol–water partition coefficient (Wildman–Crippen LogP) is 1.49. The van der Waals surface area contributed by atoms with Crippen molar-refractivity contribution in [2.24, 2.45) is 0 Å². The van der Waals surface area contributed by atoms with Gasteiger partial charge in [0.2, 0.25) is 0 Å². The standard InChI is InChI=1S/C10H14F2N2O/c11-10(12)9(8-2-1-7-15-8)14-5-3-13-4-6-14/h1-2,7,9-10,13H,3-6H2/t9-/m1/s1. The highest BCUT2D eigenvalue weighted by atomic mass is 19.3. The third-order valence-electron chi connectivity index (χ3n) is 2.62. The first kappa shape index (κ1) is 10.6. The van der Waals surface area contributed by atoms with E-state index >= 15 is 0 Å². The van der Waals surface area contributed by atoms with E-state index < -0.39 is 12.5 Å². The summed E-state index contributed by atoms with van der Waals surface area (Å²) in [4.78, 5) is 1.76. The van der Waals surface area contributed by atoms with Crippen molar-refractivity contribution < 1.29 is 13.2 Å². The molecule has 1 atom stereocenters. The maximum Gasteiger partial charge on any atom is 0.261 e. The van der Waals surface area contributed by atoms with Gasteiger partial charge < -0.3 is 9.73 Å².